The predicted octanol–water partition coefficient (Wildman–Crippen LogP) is 3.23. The summed E-state index contributed by atoms with van der Waals surface area (Å²) in [6.45, 7) is 5.72. The molecule has 1 saturated carbocycles. The van der Waals surface area contributed by atoms with Crippen molar-refractivity contribution in [1.82, 2.24) is 16.0 Å². The Morgan fingerprint density at radius 3 is 2.41 bits per heavy atom. The number of thiophene rings is 1. The number of amides is 3. The average molecular weight is 496 g/mol. The predicted molar refractivity (Wildman–Crippen MR) is 130 cm³/mol. The van der Waals surface area contributed by atoms with Gasteiger partial charge in [0.25, 0.3) is 0 Å². The number of carboxylic acids is 1. The van der Waals surface area contributed by atoms with Crippen LogP contribution in [-0.2, 0) is 25.5 Å². The highest BCUT2D eigenvalue weighted by Gasteiger charge is 2.30. The van der Waals surface area contributed by atoms with Crippen molar-refractivity contribution in [1.29, 1.82) is 0 Å². The van der Waals surface area contributed by atoms with Gasteiger partial charge in [-0.1, -0.05) is 18.9 Å². The van der Waals surface area contributed by atoms with Gasteiger partial charge in [0, 0.05) is 23.8 Å². The van der Waals surface area contributed by atoms with E-state index in [0.29, 0.717) is 25.8 Å². The molecule has 0 radical (unpaired) electrons. The molecule has 0 aliphatic heterocycles. The minimum absolute atomic E-state index is 0.106. The molecule has 4 N–H and O–H groups in total. The van der Waals surface area contributed by atoms with Crippen molar-refractivity contribution in [3.63, 3.8) is 0 Å². The van der Waals surface area contributed by atoms with Crippen LogP contribution in [0.2, 0.25) is 0 Å². The van der Waals surface area contributed by atoms with Gasteiger partial charge in [-0.05, 0) is 64.3 Å². The van der Waals surface area contributed by atoms with Gasteiger partial charge in [0.2, 0.25) is 11.8 Å². The number of hydrogen-bond acceptors (Lipinski definition) is 6. The zero-order valence-electron chi connectivity index (χ0n) is 20.2. The molecule has 0 unspecified atom stereocenters. The van der Waals surface area contributed by atoms with Gasteiger partial charge in [0.1, 0.15) is 17.7 Å². The van der Waals surface area contributed by atoms with Crippen molar-refractivity contribution in [2.75, 3.05) is 6.54 Å². The Kier molecular flexibility index (Phi) is 10.8. The summed E-state index contributed by atoms with van der Waals surface area (Å²) in [6, 6.07) is 1.74. The number of carboxylic acid groups (broad SMARTS) is 1. The number of carbonyl (C=O) groups excluding carboxylic acids is 3. The molecule has 1 aromatic heterocycles. The molecule has 10 heteroatoms. The normalized spacial score (nSPS) is 15.9. The molecule has 1 fully saturated rings. The third kappa shape index (κ3) is 10.1. The number of alkyl carbamates (subject to hydrolysis) is 1. The summed E-state index contributed by atoms with van der Waals surface area (Å²) in [5.41, 5.74) is -0.582. The van der Waals surface area contributed by atoms with Gasteiger partial charge in [0.15, 0.2) is 0 Å². The lowest BCUT2D eigenvalue weighted by atomic mass is 10.0. The minimum atomic E-state index is -1.12. The molecule has 1 aliphatic carbocycles. The van der Waals surface area contributed by atoms with Crippen LogP contribution in [0.5, 0.6) is 0 Å². The third-order valence-electron chi connectivity index (χ3n) is 5.55. The highest BCUT2D eigenvalue weighted by Crippen LogP contribution is 2.25. The maximum atomic E-state index is 13.0. The lowest BCUT2D eigenvalue weighted by molar-refractivity contribution is -0.142. The summed E-state index contributed by atoms with van der Waals surface area (Å²) in [4.78, 5) is 50.0. The Balaban J connectivity index is 1.91. The van der Waals surface area contributed by atoms with Crippen LogP contribution in [0.25, 0.3) is 0 Å². The Hall–Kier alpha value is -2.62. The molecule has 3 amide bonds. The van der Waals surface area contributed by atoms with Crippen LogP contribution in [0.3, 0.4) is 0 Å². The maximum Gasteiger partial charge on any atom is 0.407 e. The number of hydrogen-bond donors (Lipinski definition) is 4. The standard InChI is InChI=1S/C24H37N3O6S/c1-24(2,3)33-23(32)25-13-7-6-12-18(26-20(28)16-9-4-5-10-16)21(29)27-19(22(30)31)15-17-11-8-14-34-17/h8,11,14,16,18-19H,4-7,9-10,12-13,15H2,1-3H3,(H,25,32)(H,26,28)(H,27,29)(H,30,31)/t18-,19-/m0/s1. The fourth-order valence-electron chi connectivity index (χ4n) is 3.83. The Bertz CT molecular complexity index is 815. The molecule has 0 bridgehead atoms. The summed E-state index contributed by atoms with van der Waals surface area (Å²) in [5, 5.41) is 19.6. The first kappa shape index (κ1) is 27.6. The molecule has 2 atom stereocenters. The molecule has 1 aliphatic rings. The molecule has 190 valence electrons. The molecule has 2 rings (SSSR count). The van der Waals surface area contributed by atoms with E-state index in [2.05, 4.69) is 16.0 Å². The summed E-state index contributed by atoms with van der Waals surface area (Å²) in [7, 11) is 0. The number of ether oxygens (including phenoxy) is 1. The fourth-order valence-corrected chi connectivity index (χ4v) is 4.58. The van der Waals surface area contributed by atoms with E-state index < -0.39 is 35.7 Å². The van der Waals surface area contributed by atoms with E-state index in [-0.39, 0.29) is 18.2 Å². The quantitative estimate of drug-likeness (QED) is 0.329. The zero-order valence-corrected chi connectivity index (χ0v) is 21.0. The first-order valence-corrected chi connectivity index (χ1v) is 12.8. The van der Waals surface area contributed by atoms with E-state index in [9.17, 15) is 24.3 Å². The third-order valence-corrected chi connectivity index (χ3v) is 6.45. The maximum absolute atomic E-state index is 13.0. The Morgan fingerprint density at radius 1 is 1.12 bits per heavy atom. The lowest BCUT2D eigenvalue weighted by Crippen LogP contribution is -2.53. The van der Waals surface area contributed by atoms with Crippen molar-refractivity contribution in [3.05, 3.63) is 22.4 Å². The van der Waals surface area contributed by atoms with Gasteiger partial charge >= 0.3 is 12.1 Å². The van der Waals surface area contributed by atoms with Crippen LogP contribution in [0, 0.1) is 5.92 Å². The molecule has 1 aromatic rings. The van der Waals surface area contributed by atoms with Gasteiger partial charge in [-0.2, -0.15) is 0 Å². The molecule has 0 spiro atoms. The van der Waals surface area contributed by atoms with Gasteiger partial charge in [-0.25, -0.2) is 9.59 Å². The van der Waals surface area contributed by atoms with Crippen molar-refractivity contribution in [2.45, 2.75) is 89.8 Å². The van der Waals surface area contributed by atoms with Crippen LogP contribution >= 0.6 is 11.3 Å². The van der Waals surface area contributed by atoms with Gasteiger partial charge in [0.05, 0.1) is 0 Å². The second-order valence-electron chi connectivity index (χ2n) is 9.65. The number of carbonyl (C=O) groups is 4. The number of aliphatic carboxylic acids is 1. The number of unbranched alkanes of at least 4 members (excludes halogenated alkanes) is 1. The molecular formula is C24H37N3O6S. The monoisotopic (exact) mass is 495 g/mol. The SMILES string of the molecule is CC(C)(C)OC(=O)NCCCC[C@H](NC(=O)C1CCCC1)C(=O)N[C@@H](Cc1cccs1)C(=O)O. The van der Waals surface area contributed by atoms with Crippen molar-refractivity contribution in [3.8, 4) is 0 Å². The number of nitrogens with one attached hydrogen (secondary N) is 3. The van der Waals surface area contributed by atoms with Gasteiger partial charge < -0.3 is 25.8 Å². The second-order valence-corrected chi connectivity index (χ2v) is 10.7. The van der Waals surface area contributed by atoms with E-state index in [0.717, 1.165) is 30.6 Å². The molecular weight excluding hydrogens is 458 g/mol. The van der Waals surface area contributed by atoms with Gasteiger partial charge in [-0.15, -0.1) is 11.3 Å². The smallest absolute Gasteiger partial charge is 0.407 e. The van der Waals surface area contributed by atoms with Crippen molar-refractivity contribution >= 4 is 35.2 Å². The summed E-state index contributed by atoms with van der Waals surface area (Å²) in [6.07, 6.45) is 4.75. The Labute approximate surface area is 205 Å². The zero-order chi connectivity index (χ0) is 25.1. The van der Waals surface area contributed by atoms with Crippen LogP contribution in [0.15, 0.2) is 17.5 Å². The van der Waals surface area contributed by atoms with Crippen LogP contribution < -0.4 is 16.0 Å². The lowest BCUT2D eigenvalue weighted by Gasteiger charge is -2.23. The minimum Gasteiger partial charge on any atom is -0.480 e. The summed E-state index contributed by atoms with van der Waals surface area (Å²) < 4.78 is 5.20. The first-order chi connectivity index (χ1) is 16.0. The molecule has 34 heavy (non-hydrogen) atoms. The first-order valence-electron chi connectivity index (χ1n) is 11.9. The summed E-state index contributed by atoms with van der Waals surface area (Å²) >= 11 is 1.43. The van der Waals surface area contributed by atoms with E-state index in [1.807, 2.05) is 17.5 Å². The Morgan fingerprint density at radius 2 is 1.82 bits per heavy atom. The van der Waals surface area contributed by atoms with E-state index in [4.69, 9.17) is 4.74 Å². The molecule has 9 nitrogen and oxygen atoms in total. The molecule has 0 aromatic carbocycles. The van der Waals surface area contributed by atoms with E-state index in [1.54, 1.807) is 20.8 Å². The largest absolute Gasteiger partial charge is 0.480 e. The fraction of sp³-hybridized carbons (Fsp3) is 0.667. The summed E-state index contributed by atoms with van der Waals surface area (Å²) in [5.74, 6) is -1.89. The topological polar surface area (TPSA) is 134 Å². The second kappa shape index (κ2) is 13.3. The molecule has 1 heterocycles. The highest BCUT2D eigenvalue weighted by molar-refractivity contribution is 7.09. The molecule has 0 saturated heterocycles. The van der Waals surface area contributed by atoms with Crippen molar-refractivity contribution in [2.24, 2.45) is 5.92 Å². The van der Waals surface area contributed by atoms with E-state index >= 15 is 0 Å². The van der Waals surface area contributed by atoms with Crippen molar-refractivity contribution < 1.29 is 29.0 Å². The highest BCUT2D eigenvalue weighted by atomic mass is 32.1. The average Bonchev–Trinajstić information content (AvgIpc) is 3.44. The van der Waals surface area contributed by atoms with E-state index in [1.165, 1.54) is 11.3 Å². The van der Waals surface area contributed by atoms with Crippen LogP contribution in [0.1, 0.15) is 70.6 Å². The van der Waals surface area contributed by atoms with Crippen LogP contribution in [0.4, 0.5) is 4.79 Å². The number of rotatable bonds is 12. The van der Waals surface area contributed by atoms with Crippen LogP contribution in [-0.4, -0.2) is 53.2 Å². The van der Waals surface area contributed by atoms with Gasteiger partial charge in [-0.3, -0.25) is 9.59 Å².